The molecule has 4 rings (SSSR count). The molecule has 0 atom stereocenters. The van der Waals surface area contributed by atoms with E-state index in [1.165, 1.54) is 6.07 Å². The fourth-order valence-corrected chi connectivity index (χ4v) is 3.48. The summed E-state index contributed by atoms with van der Waals surface area (Å²) in [6.45, 7) is 2.95. The van der Waals surface area contributed by atoms with Crippen LogP contribution < -0.4 is 20.5 Å². The minimum Gasteiger partial charge on any atom is -0.496 e. The highest BCUT2D eigenvalue weighted by Crippen LogP contribution is 2.27. The molecule has 1 fully saturated rings. The number of nitrogens with zero attached hydrogens (tertiary/aromatic N) is 3. The minimum atomic E-state index is -0.350. The molecule has 160 valence electrons. The van der Waals surface area contributed by atoms with Gasteiger partial charge in [0.05, 0.1) is 26.0 Å². The van der Waals surface area contributed by atoms with E-state index < -0.39 is 0 Å². The number of anilines is 2. The van der Waals surface area contributed by atoms with Crippen molar-refractivity contribution in [1.29, 1.82) is 0 Å². The van der Waals surface area contributed by atoms with Crippen molar-refractivity contribution in [3.05, 3.63) is 71.0 Å². The minimum absolute atomic E-state index is 0.187. The van der Waals surface area contributed by atoms with E-state index in [0.717, 1.165) is 29.0 Å². The first-order valence-electron chi connectivity index (χ1n) is 10.1. The van der Waals surface area contributed by atoms with Crippen molar-refractivity contribution in [3.63, 3.8) is 0 Å². The SMILES string of the molecule is COc1ccccc1-c1ccc(=O)n(CC(=O)Nc2ccc(N3CCOCC3)cc2)n1. The number of carbonyl (C=O) groups excluding carboxylic acids is 1. The van der Waals surface area contributed by atoms with Gasteiger partial charge in [-0.1, -0.05) is 12.1 Å². The summed E-state index contributed by atoms with van der Waals surface area (Å²) in [7, 11) is 1.58. The Hall–Kier alpha value is -3.65. The van der Waals surface area contributed by atoms with Gasteiger partial charge in [0.15, 0.2) is 0 Å². The zero-order valence-corrected chi connectivity index (χ0v) is 17.3. The number of rotatable bonds is 6. The molecule has 1 aromatic heterocycles. The number of hydrogen-bond acceptors (Lipinski definition) is 6. The fraction of sp³-hybridized carbons (Fsp3) is 0.261. The van der Waals surface area contributed by atoms with Crippen molar-refractivity contribution in [3.8, 4) is 17.0 Å². The molecule has 3 aromatic rings. The van der Waals surface area contributed by atoms with Crippen molar-refractivity contribution in [2.24, 2.45) is 0 Å². The lowest BCUT2D eigenvalue weighted by molar-refractivity contribution is -0.117. The average Bonchev–Trinajstić information content (AvgIpc) is 2.81. The van der Waals surface area contributed by atoms with Gasteiger partial charge < -0.3 is 19.7 Å². The summed E-state index contributed by atoms with van der Waals surface area (Å²) in [6, 6.07) is 18.1. The largest absolute Gasteiger partial charge is 0.496 e. The fourth-order valence-electron chi connectivity index (χ4n) is 3.48. The van der Waals surface area contributed by atoms with Gasteiger partial charge in [-0.15, -0.1) is 0 Å². The molecule has 8 heteroatoms. The van der Waals surface area contributed by atoms with Gasteiger partial charge in [-0.25, -0.2) is 4.68 Å². The molecular formula is C23H24N4O4. The van der Waals surface area contributed by atoms with Gasteiger partial charge in [-0.2, -0.15) is 5.10 Å². The van der Waals surface area contributed by atoms with Gasteiger partial charge in [-0.3, -0.25) is 9.59 Å². The van der Waals surface area contributed by atoms with E-state index in [0.29, 0.717) is 30.3 Å². The third-order valence-corrected chi connectivity index (χ3v) is 5.07. The van der Waals surface area contributed by atoms with Crippen molar-refractivity contribution in [2.75, 3.05) is 43.6 Å². The predicted molar refractivity (Wildman–Crippen MR) is 119 cm³/mol. The van der Waals surface area contributed by atoms with E-state index in [2.05, 4.69) is 15.3 Å². The maximum atomic E-state index is 12.5. The van der Waals surface area contributed by atoms with Crippen LogP contribution in [0.5, 0.6) is 5.75 Å². The van der Waals surface area contributed by atoms with Crippen LogP contribution >= 0.6 is 0 Å². The Morgan fingerprint density at radius 2 is 1.81 bits per heavy atom. The third kappa shape index (κ3) is 4.92. The Morgan fingerprint density at radius 3 is 2.55 bits per heavy atom. The summed E-state index contributed by atoms with van der Waals surface area (Å²) in [5.41, 5.74) is 2.70. The Balaban J connectivity index is 1.45. The van der Waals surface area contributed by atoms with Crippen molar-refractivity contribution in [2.45, 2.75) is 6.54 Å². The highest BCUT2D eigenvalue weighted by molar-refractivity contribution is 5.90. The maximum absolute atomic E-state index is 12.5. The van der Waals surface area contributed by atoms with Crippen LogP contribution in [-0.2, 0) is 16.1 Å². The molecule has 1 aliphatic rings. The number of amides is 1. The molecule has 2 heterocycles. The predicted octanol–water partition coefficient (Wildman–Crippen LogP) is 2.39. The molecule has 1 amide bonds. The molecule has 1 saturated heterocycles. The zero-order valence-electron chi connectivity index (χ0n) is 17.3. The molecule has 0 aliphatic carbocycles. The van der Waals surface area contributed by atoms with Gasteiger partial charge in [0.1, 0.15) is 12.3 Å². The van der Waals surface area contributed by atoms with E-state index in [1.54, 1.807) is 13.2 Å². The second kappa shape index (κ2) is 9.44. The lowest BCUT2D eigenvalue weighted by Crippen LogP contribution is -2.36. The van der Waals surface area contributed by atoms with Crippen molar-refractivity contribution in [1.82, 2.24) is 9.78 Å². The summed E-state index contributed by atoms with van der Waals surface area (Å²) in [5, 5.41) is 7.18. The Morgan fingerprint density at radius 1 is 1.06 bits per heavy atom. The summed E-state index contributed by atoms with van der Waals surface area (Å²) in [6.07, 6.45) is 0. The van der Waals surface area contributed by atoms with Crippen LogP contribution in [0.2, 0.25) is 0 Å². The number of methoxy groups -OCH3 is 1. The van der Waals surface area contributed by atoms with Crippen molar-refractivity contribution < 1.29 is 14.3 Å². The normalized spacial score (nSPS) is 13.6. The molecule has 0 saturated carbocycles. The Labute approximate surface area is 180 Å². The Kier molecular flexibility index (Phi) is 6.28. The summed E-state index contributed by atoms with van der Waals surface area (Å²) < 4.78 is 11.9. The first-order valence-corrected chi connectivity index (χ1v) is 10.1. The third-order valence-electron chi connectivity index (χ3n) is 5.07. The molecule has 1 N–H and O–H groups in total. The molecular weight excluding hydrogens is 396 g/mol. The Bertz CT molecular complexity index is 1110. The zero-order chi connectivity index (χ0) is 21.6. The van der Waals surface area contributed by atoms with E-state index in [-0.39, 0.29) is 18.0 Å². The first kappa shape index (κ1) is 20.6. The molecule has 0 bridgehead atoms. The first-order chi connectivity index (χ1) is 15.1. The van der Waals surface area contributed by atoms with Gasteiger partial charge in [0, 0.05) is 36.1 Å². The topological polar surface area (TPSA) is 85.7 Å². The van der Waals surface area contributed by atoms with Gasteiger partial charge in [-0.05, 0) is 42.5 Å². The number of para-hydroxylation sites is 1. The molecule has 0 spiro atoms. The second-order valence-electron chi connectivity index (χ2n) is 7.11. The molecule has 31 heavy (non-hydrogen) atoms. The number of benzene rings is 2. The molecule has 0 unspecified atom stereocenters. The second-order valence-corrected chi connectivity index (χ2v) is 7.11. The van der Waals surface area contributed by atoms with Crippen LogP contribution in [0.3, 0.4) is 0 Å². The highest BCUT2D eigenvalue weighted by atomic mass is 16.5. The number of ether oxygens (including phenoxy) is 2. The lowest BCUT2D eigenvalue weighted by Gasteiger charge is -2.28. The summed E-state index contributed by atoms with van der Waals surface area (Å²) >= 11 is 0. The van der Waals surface area contributed by atoms with Crippen LogP contribution in [0.4, 0.5) is 11.4 Å². The number of hydrogen-bond donors (Lipinski definition) is 1. The van der Waals surface area contributed by atoms with Gasteiger partial charge in [0.25, 0.3) is 5.56 Å². The summed E-state index contributed by atoms with van der Waals surface area (Å²) in [5.74, 6) is 0.316. The molecule has 1 aliphatic heterocycles. The number of aromatic nitrogens is 2. The van der Waals surface area contributed by atoms with Crippen molar-refractivity contribution >= 4 is 17.3 Å². The molecule has 0 radical (unpaired) electrons. The smallest absolute Gasteiger partial charge is 0.267 e. The van der Waals surface area contributed by atoms with Crippen LogP contribution in [0.15, 0.2) is 65.5 Å². The number of nitrogens with one attached hydrogen (secondary N) is 1. The van der Waals surface area contributed by atoms with Crippen LogP contribution in [-0.4, -0.2) is 49.1 Å². The number of morpholine rings is 1. The number of carbonyl (C=O) groups is 1. The van der Waals surface area contributed by atoms with Crippen LogP contribution in [0.1, 0.15) is 0 Å². The quantitative estimate of drug-likeness (QED) is 0.659. The van der Waals surface area contributed by atoms with Gasteiger partial charge >= 0.3 is 0 Å². The maximum Gasteiger partial charge on any atom is 0.267 e. The lowest BCUT2D eigenvalue weighted by atomic mass is 10.1. The van der Waals surface area contributed by atoms with E-state index >= 15 is 0 Å². The standard InChI is InChI=1S/C23H24N4O4/c1-30-21-5-3-2-4-19(21)20-10-11-23(29)27(25-20)16-22(28)24-17-6-8-18(9-7-17)26-12-14-31-15-13-26/h2-11H,12-16H2,1H3,(H,24,28). The van der Waals surface area contributed by atoms with E-state index in [1.807, 2.05) is 48.5 Å². The average molecular weight is 420 g/mol. The van der Waals surface area contributed by atoms with E-state index in [9.17, 15) is 9.59 Å². The summed E-state index contributed by atoms with van der Waals surface area (Å²) in [4.78, 5) is 27.0. The monoisotopic (exact) mass is 420 g/mol. The van der Waals surface area contributed by atoms with Gasteiger partial charge in [0.2, 0.25) is 5.91 Å². The van der Waals surface area contributed by atoms with E-state index in [4.69, 9.17) is 9.47 Å². The van der Waals surface area contributed by atoms with Crippen LogP contribution in [0.25, 0.3) is 11.3 Å². The molecule has 8 nitrogen and oxygen atoms in total. The van der Waals surface area contributed by atoms with Crippen LogP contribution in [0, 0.1) is 0 Å². The highest BCUT2D eigenvalue weighted by Gasteiger charge is 2.13. The molecule has 2 aromatic carbocycles.